The van der Waals surface area contributed by atoms with Gasteiger partial charge < -0.3 is 10.6 Å². The summed E-state index contributed by atoms with van der Waals surface area (Å²) >= 11 is 0. The average Bonchev–Trinajstić information content (AvgIpc) is 2.42. The molecule has 2 N–H and O–H groups in total. The lowest BCUT2D eigenvalue weighted by atomic mass is 9.81. The smallest absolute Gasteiger partial charge is 0.226 e. The van der Waals surface area contributed by atoms with Crippen LogP contribution in [0, 0.1) is 23.7 Å². The topological polar surface area (TPSA) is 63.4 Å². The zero-order chi connectivity index (χ0) is 16.0. The van der Waals surface area contributed by atoms with Crippen LogP contribution >= 0.6 is 0 Å². The first-order valence-corrected chi connectivity index (χ1v) is 8.44. The van der Waals surface area contributed by atoms with E-state index in [1.165, 1.54) is 0 Å². The molecule has 0 aliphatic carbocycles. The van der Waals surface area contributed by atoms with E-state index in [0.29, 0.717) is 18.3 Å². The molecule has 1 saturated heterocycles. The Morgan fingerprint density at radius 1 is 1.19 bits per heavy atom. The second kappa shape index (κ2) is 8.40. The quantitative estimate of drug-likeness (QED) is 0.785. The number of nitrogens with two attached hydrogens (primary N) is 1. The predicted octanol–water partition coefficient (Wildman–Crippen LogP) is 2.81. The van der Waals surface area contributed by atoms with Crippen LogP contribution in [0.1, 0.15) is 59.8 Å². The first kappa shape index (κ1) is 18.0. The summed E-state index contributed by atoms with van der Waals surface area (Å²) in [7, 11) is 0. The van der Waals surface area contributed by atoms with Gasteiger partial charge in [0, 0.05) is 24.9 Å². The third kappa shape index (κ3) is 5.33. The van der Waals surface area contributed by atoms with Gasteiger partial charge in [0.15, 0.2) is 0 Å². The summed E-state index contributed by atoms with van der Waals surface area (Å²) in [5.74, 6) is 0.357. The van der Waals surface area contributed by atoms with Crippen molar-refractivity contribution in [2.45, 2.75) is 59.8 Å². The SMILES string of the molecule is CCCC(C(N)=O)C(CC(C)C)C(=O)N1CCC(C)CC1. The molecule has 0 saturated carbocycles. The molecule has 0 aromatic carbocycles. The molecule has 0 aromatic rings. The first-order valence-electron chi connectivity index (χ1n) is 8.44. The Balaban J connectivity index is 2.84. The number of carbonyl (C=O) groups is 2. The molecule has 1 fully saturated rings. The van der Waals surface area contributed by atoms with E-state index in [0.717, 1.165) is 38.8 Å². The summed E-state index contributed by atoms with van der Waals surface area (Å²) < 4.78 is 0. The van der Waals surface area contributed by atoms with E-state index in [1.807, 2.05) is 11.8 Å². The zero-order valence-corrected chi connectivity index (χ0v) is 14.1. The lowest BCUT2D eigenvalue weighted by Crippen LogP contribution is -2.46. The van der Waals surface area contributed by atoms with E-state index < -0.39 is 0 Å². The van der Waals surface area contributed by atoms with Gasteiger partial charge >= 0.3 is 0 Å². The summed E-state index contributed by atoms with van der Waals surface area (Å²) in [5.41, 5.74) is 5.58. The number of likely N-dealkylation sites (tertiary alicyclic amines) is 1. The number of rotatable bonds is 7. The number of amides is 2. The maximum absolute atomic E-state index is 12.9. The minimum Gasteiger partial charge on any atom is -0.369 e. The van der Waals surface area contributed by atoms with Crippen LogP contribution in [0.15, 0.2) is 0 Å². The number of nitrogens with zero attached hydrogens (tertiary/aromatic N) is 1. The Morgan fingerprint density at radius 3 is 2.19 bits per heavy atom. The number of piperidine rings is 1. The minimum absolute atomic E-state index is 0.146. The lowest BCUT2D eigenvalue weighted by molar-refractivity contribution is -0.143. The van der Waals surface area contributed by atoms with E-state index in [-0.39, 0.29) is 23.7 Å². The van der Waals surface area contributed by atoms with Crippen LogP contribution in [0.5, 0.6) is 0 Å². The van der Waals surface area contributed by atoms with Gasteiger partial charge in [-0.15, -0.1) is 0 Å². The molecule has 0 radical (unpaired) electrons. The van der Waals surface area contributed by atoms with Gasteiger partial charge in [-0.25, -0.2) is 0 Å². The van der Waals surface area contributed by atoms with E-state index in [2.05, 4.69) is 20.8 Å². The molecule has 2 amide bonds. The average molecular weight is 296 g/mol. The van der Waals surface area contributed by atoms with Gasteiger partial charge in [-0.3, -0.25) is 9.59 Å². The van der Waals surface area contributed by atoms with Crippen molar-refractivity contribution in [3.63, 3.8) is 0 Å². The molecule has 2 unspecified atom stereocenters. The van der Waals surface area contributed by atoms with Crippen molar-refractivity contribution in [2.75, 3.05) is 13.1 Å². The van der Waals surface area contributed by atoms with Crippen LogP contribution < -0.4 is 5.73 Å². The predicted molar refractivity (Wildman–Crippen MR) is 85.5 cm³/mol. The number of carbonyl (C=O) groups excluding carboxylic acids is 2. The highest BCUT2D eigenvalue weighted by atomic mass is 16.2. The molecule has 1 heterocycles. The molecule has 4 nitrogen and oxygen atoms in total. The van der Waals surface area contributed by atoms with Crippen LogP contribution in [0.4, 0.5) is 0 Å². The van der Waals surface area contributed by atoms with Gasteiger partial charge in [0.1, 0.15) is 0 Å². The van der Waals surface area contributed by atoms with Crippen LogP contribution in [0.2, 0.25) is 0 Å². The first-order chi connectivity index (χ1) is 9.86. The van der Waals surface area contributed by atoms with Crippen molar-refractivity contribution in [3.8, 4) is 0 Å². The van der Waals surface area contributed by atoms with Crippen LogP contribution in [-0.4, -0.2) is 29.8 Å². The van der Waals surface area contributed by atoms with E-state index in [4.69, 9.17) is 5.73 Å². The normalized spacial score (nSPS) is 19.6. The summed E-state index contributed by atoms with van der Waals surface area (Å²) in [5, 5.41) is 0. The molecule has 0 spiro atoms. The lowest BCUT2D eigenvalue weighted by Gasteiger charge is -2.35. The van der Waals surface area contributed by atoms with Crippen LogP contribution in [0.3, 0.4) is 0 Å². The van der Waals surface area contributed by atoms with Crippen molar-refractivity contribution >= 4 is 11.8 Å². The second-order valence-electron chi connectivity index (χ2n) is 7.04. The highest BCUT2D eigenvalue weighted by Gasteiger charge is 2.35. The zero-order valence-electron chi connectivity index (χ0n) is 14.1. The number of hydrogen-bond acceptors (Lipinski definition) is 2. The fourth-order valence-electron chi connectivity index (χ4n) is 3.26. The Kier molecular flexibility index (Phi) is 7.20. The van der Waals surface area contributed by atoms with Gasteiger partial charge in [-0.1, -0.05) is 34.1 Å². The van der Waals surface area contributed by atoms with Crippen molar-refractivity contribution in [1.29, 1.82) is 0 Å². The van der Waals surface area contributed by atoms with Gasteiger partial charge in [-0.2, -0.15) is 0 Å². The van der Waals surface area contributed by atoms with Gasteiger partial charge in [0.25, 0.3) is 0 Å². The molecular weight excluding hydrogens is 264 g/mol. The summed E-state index contributed by atoms with van der Waals surface area (Å²) in [6.45, 7) is 10.1. The highest BCUT2D eigenvalue weighted by molar-refractivity contribution is 5.87. The molecule has 1 rings (SSSR count). The molecule has 1 aliphatic rings. The molecular formula is C17H32N2O2. The maximum Gasteiger partial charge on any atom is 0.226 e. The fourth-order valence-corrected chi connectivity index (χ4v) is 3.26. The molecule has 0 aromatic heterocycles. The van der Waals surface area contributed by atoms with Crippen molar-refractivity contribution < 1.29 is 9.59 Å². The second-order valence-corrected chi connectivity index (χ2v) is 7.04. The highest BCUT2D eigenvalue weighted by Crippen LogP contribution is 2.28. The minimum atomic E-state index is -0.318. The van der Waals surface area contributed by atoms with Gasteiger partial charge in [-0.05, 0) is 37.5 Å². The molecule has 4 heteroatoms. The van der Waals surface area contributed by atoms with Crippen molar-refractivity contribution in [2.24, 2.45) is 29.4 Å². The Labute approximate surface area is 129 Å². The monoisotopic (exact) mass is 296 g/mol. The van der Waals surface area contributed by atoms with Crippen molar-refractivity contribution in [1.82, 2.24) is 4.90 Å². The molecule has 122 valence electrons. The molecule has 0 bridgehead atoms. The Morgan fingerprint density at radius 2 is 1.76 bits per heavy atom. The third-order valence-corrected chi connectivity index (χ3v) is 4.59. The fraction of sp³-hybridized carbons (Fsp3) is 0.882. The molecule has 2 atom stereocenters. The number of hydrogen-bond donors (Lipinski definition) is 1. The standard InChI is InChI=1S/C17H32N2O2/c1-5-6-14(16(18)20)15(11-12(2)3)17(21)19-9-7-13(4)8-10-19/h12-15H,5-11H2,1-4H3,(H2,18,20). The van der Waals surface area contributed by atoms with E-state index >= 15 is 0 Å². The summed E-state index contributed by atoms with van der Waals surface area (Å²) in [6.07, 6.45) is 4.47. The van der Waals surface area contributed by atoms with Crippen molar-refractivity contribution in [3.05, 3.63) is 0 Å². The van der Waals surface area contributed by atoms with E-state index in [1.54, 1.807) is 0 Å². The number of primary amides is 1. The van der Waals surface area contributed by atoms with Gasteiger partial charge in [0.05, 0.1) is 0 Å². The largest absolute Gasteiger partial charge is 0.369 e. The van der Waals surface area contributed by atoms with Gasteiger partial charge in [0.2, 0.25) is 11.8 Å². The summed E-state index contributed by atoms with van der Waals surface area (Å²) in [4.78, 5) is 26.6. The Hall–Kier alpha value is -1.06. The summed E-state index contributed by atoms with van der Waals surface area (Å²) in [6, 6.07) is 0. The molecule has 1 aliphatic heterocycles. The van der Waals surface area contributed by atoms with E-state index in [9.17, 15) is 9.59 Å². The maximum atomic E-state index is 12.9. The van der Waals surface area contributed by atoms with Crippen LogP contribution in [0.25, 0.3) is 0 Å². The Bertz CT molecular complexity index is 347. The third-order valence-electron chi connectivity index (χ3n) is 4.59. The van der Waals surface area contributed by atoms with Crippen LogP contribution in [-0.2, 0) is 9.59 Å². The molecule has 21 heavy (non-hydrogen) atoms.